The van der Waals surface area contributed by atoms with Gasteiger partial charge in [-0.1, -0.05) is 18.2 Å². The van der Waals surface area contributed by atoms with E-state index in [0.717, 1.165) is 22.6 Å². The van der Waals surface area contributed by atoms with Gasteiger partial charge in [-0.3, -0.25) is 4.79 Å². The number of benzene rings is 2. The predicted octanol–water partition coefficient (Wildman–Crippen LogP) is 4.10. The third-order valence-corrected chi connectivity index (χ3v) is 4.21. The van der Waals surface area contributed by atoms with Crippen molar-refractivity contribution in [3.05, 3.63) is 77.1 Å². The summed E-state index contributed by atoms with van der Waals surface area (Å²) in [6.45, 7) is 3.89. The maximum absolute atomic E-state index is 12.4. The van der Waals surface area contributed by atoms with E-state index in [1.165, 1.54) is 25.3 Å². The standard InChI is InChI=1S/C21H20N2O3/c1-14-18(15(2)23(22-14)17-7-5-4-6-8-17)10-12-19(24)16-9-11-20(25)21(13-16)26-3/h4-13,25H,1-3H3/b12-10+. The number of ether oxygens (including phenoxy) is 1. The highest BCUT2D eigenvalue weighted by Crippen LogP contribution is 2.27. The quantitative estimate of drug-likeness (QED) is 0.557. The molecule has 5 heteroatoms. The first-order valence-corrected chi connectivity index (χ1v) is 8.22. The molecular weight excluding hydrogens is 328 g/mol. The molecule has 3 rings (SSSR count). The Morgan fingerprint density at radius 2 is 1.88 bits per heavy atom. The highest BCUT2D eigenvalue weighted by atomic mass is 16.5. The molecule has 1 aromatic heterocycles. The van der Waals surface area contributed by atoms with Gasteiger partial charge in [-0.05, 0) is 56.3 Å². The van der Waals surface area contributed by atoms with Crippen molar-refractivity contribution in [1.29, 1.82) is 0 Å². The van der Waals surface area contributed by atoms with Gasteiger partial charge in [0.1, 0.15) is 0 Å². The molecule has 2 aromatic carbocycles. The molecule has 0 saturated heterocycles. The topological polar surface area (TPSA) is 64.3 Å². The maximum Gasteiger partial charge on any atom is 0.185 e. The van der Waals surface area contributed by atoms with Crippen LogP contribution in [0.3, 0.4) is 0 Å². The fourth-order valence-electron chi connectivity index (χ4n) is 2.80. The number of hydrogen-bond donors (Lipinski definition) is 1. The zero-order chi connectivity index (χ0) is 18.7. The molecule has 0 radical (unpaired) electrons. The summed E-state index contributed by atoms with van der Waals surface area (Å²) in [5.41, 5.74) is 4.14. The number of phenolic OH excluding ortho intramolecular Hbond substituents is 1. The molecule has 1 N–H and O–H groups in total. The third kappa shape index (κ3) is 3.37. The van der Waals surface area contributed by atoms with E-state index in [-0.39, 0.29) is 17.3 Å². The van der Waals surface area contributed by atoms with Gasteiger partial charge in [0.2, 0.25) is 0 Å². The number of phenols is 1. The van der Waals surface area contributed by atoms with E-state index in [4.69, 9.17) is 4.74 Å². The fourth-order valence-corrected chi connectivity index (χ4v) is 2.80. The van der Waals surface area contributed by atoms with Crippen LogP contribution >= 0.6 is 0 Å². The molecule has 0 aliphatic heterocycles. The Hall–Kier alpha value is -3.34. The molecule has 0 amide bonds. The second-order valence-electron chi connectivity index (χ2n) is 5.92. The number of aryl methyl sites for hydroxylation is 1. The first-order chi connectivity index (χ1) is 12.5. The lowest BCUT2D eigenvalue weighted by molar-refractivity contribution is 0.104. The number of ketones is 1. The molecule has 0 aliphatic carbocycles. The average molecular weight is 348 g/mol. The van der Waals surface area contributed by atoms with Crippen molar-refractivity contribution in [1.82, 2.24) is 9.78 Å². The summed E-state index contributed by atoms with van der Waals surface area (Å²) in [5.74, 6) is 0.104. The van der Waals surface area contributed by atoms with Crippen molar-refractivity contribution in [3.63, 3.8) is 0 Å². The van der Waals surface area contributed by atoms with Crippen LogP contribution in [-0.4, -0.2) is 27.8 Å². The second kappa shape index (κ2) is 7.27. The minimum Gasteiger partial charge on any atom is -0.504 e. The smallest absolute Gasteiger partial charge is 0.185 e. The lowest BCUT2D eigenvalue weighted by atomic mass is 10.1. The van der Waals surface area contributed by atoms with Crippen molar-refractivity contribution < 1.29 is 14.6 Å². The second-order valence-corrected chi connectivity index (χ2v) is 5.92. The molecule has 0 spiro atoms. The van der Waals surface area contributed by atoms with Gasteiger partial charge in [0, 0.05) is 16.8 Å². The Kier molecular flexibility index (Phi) is 4.89. The van der Waals surface area contributed by atoms with Crippen LogP contribution in [0.4, 0.5) is 0 Å². The molecule has 26 heavy (non-hydrogen) atoms. The van der Waals surface area contributed by atoms with Gasteiger partial charge in [-0.15, -0.1) is 0 Å². The van der Waals surface area contributed by atoms with E-state index in [2.05, 4.69) is 5.10 Å². The summed E-state index contributed by atoms with van der Waals surface area (Å²) in [7, 11) is 1.45. The van der Waals surface area contributed by atoms with Crippen molar-refractivity contribution in [2.45, 2.75) is 13.8 Å². The Bertz CT molecular complexity index is 972. The summed E-state index contributed by atoms with van der Waals surface area (Å²) < 4.78 is 6.91. The molecular formula is C21H20N2O3. The van der Waals surface area contributed by atoms with Crippen LogP contribution in [0.25, 0.3) is 11.8 Å². The van der Waals surface area contributed by atoms with Gasteiger partial charge in [0.15, 0.2) is 17.3 Å². The van der Waals surface area contributed by atoms with Gasteiger partial charge in [0.05, 0.1) is 18.5 Å². The van der Waals surface area contributed by atoms with Gasteiger partial charge in [-0.2, -0.15) is 5.10 Å². The molecule has 0 unspecified atom stereocenters. The summed E-state index contributed by atoms with van der Waals surface area (Å²) >= 11 is 0. The van der Waals surface area contributed by atoms with Crippen LogP contribution in [-0.2, 0) is 0 Å². The number of nitrogens with zero attached hydrogens (tertiary/aromatic N) is 2. The normalized spacial score (nSPS) is 11.0. The molecule has 0 bridgehead atoms. The number of para-hydroxylation sites is 1. The number of allylic oxidation sites excluding steroid dienone is 1. The Labute approximate surface area is 152 Å². The lowest BCUT2D eigenvalue weighted by Crippen LogP contribution is -1.98. The first kappa shape index (κ1) is 17.5. The SMILES string of the molecule is COc1cc(C(=O)/C=C/c2c(C)nn(-c3ccccc3)c2C)ccc1O. The zero-order valence-corrected chi connectivity index (χ0v) is 14.9. The number of hydrogen-bond acceptors (Lipinski definition) is 4. The molecule has 132 valence electrons. The number of carbonyl (C=O) groups is 1. The van der Waals surface area contributed by atoms with Crippen LogP contribution in [0.5, 0.6) is 11.5 Å². The molecule has 3 aromatic rings. The van der Waals surface area contributed by atoms with Gasteiger partial charge in [-0.25, -0.2) is 4.68 Å². The van der Waals surface area contributed by atoms with Crippen LogP contribution in [0, 0.1) is 13.8 Å². The van der Waals surface area contributed by atoms with E-state index in [1.807, 2.05) is 48.9 Å². The Morgan fingerprint density at radius 3 is 2.58 bits per heavy atom. The highest BCUT2D eigenvalue weighted by molar-refractivity contribution is 6.07. The monoisotopic (exact) mass is 348 g/mol. The van der Waals surface area contributed by atoms with Gasteiger partial charge < -0.3 is 9.84 Å². The van der Waals surface area contributed by atoms with Crippen LogP contribution in [0.15, 0.2) is 54.6 Å². The first-order valence-electron chi connectivity index (χ1n) is 8.22. The predicted molar refractivity (Wildman–Crippen MR) is 101 cm³/mol. The molecule has 0 atom stereocenters. The lowest BCUT2D eigenvalue weighted by Gasteiger charge is -2.04. The Balaban J connectivity index is 1.89. The number of aromatic nitrogens is 2. The summed E-state index contributed by atoms with van der Waals surface area (Å²) in [6.07, 6.45) is 3.29. The van der Waals surface area contributed by atoms with E-state index >= 15 is 0 Å². The average Bonchev–Trinajstić information content (AvgIpc) is 2.94. The molecule has 0 fully saturated rings. The van der Waals surface area contributed by atoms with Crippen LogP contribution in [0.2, 0.25) is 0 Å². The number of methoxy groups -OCH3 is 1. The minimum absolute atomic E-state index is 0.00357. The summed E-state index contributed by atoms with van der Waals surface area (Å²) in [4.78, 5) is 12.4. The Morgan fingerprint density at radius 1 is 1.15 bits per heavy atom. The van der Waals surface area contributed by atoms with Gasteiger partial charge >= 0.3 is 0 Å². The number of rotatable bonds is 5. The third-order valence-electron chi connectivity index (χ3n) is 4.21. The zero-order valence-electron chi connectivity index (χ0n) is 14.9. The van der Waals surface area contributed by atoms with E-state index in [0.29, 0.717) is 5.56 Å². The van der Waals surface area contributed by atoms with Crippen LogP contribution in [0.1, 0.15) is 27.3 Å². The van der Waals surface area contributed by atoms with E-state index < -0.39 is 0 Å². The van der Waals surface area contributed by atoms with Crippen molar-refractivity contribution in [3.8, 4) is 17.2 Å². The number of aromatic hydroxyl groups is 1. The fraction of sp³-hybridized carbons (Fsp3) is 0.143. The molecule has 0 aliphatic rings. The van der Waals surface area contributed by atoms with Crippen molar-refractivity contribution >= 4 is 11.9 Å². The largest absolute Gasteiger partial charge is 0.504 e. The highest BCUT2D eigenvalue weighted by Gasteiger charge is 2.12. The summed E-state index contributed by atoms with van der Waals surface area (Å²) in [5, 5.41) is 14.2. The van der Waals surface area contributed by atoms with Crippen LogP contribution < -0.4 is 4.74 Å². The van der Waals surface area contributed by atoms with E-state index in [1.54, 1.807) is 12.1 Å². The molecule has 0 saturated carbocycles. The maximum atomic E-state index is 12.4. The summed E-state index contributed by atoms with van der Waals surface area (Å²) in [6, 6.07) is 14.4. The van der Waals surface area contributed by atoms with E-state index in [9.17, 15) is 9.90 Å². The molecule has 5 nitrogen and oxygen atoms in total. The van der Waals surface area contributed by atoms with Crippen molar-refractivity contribution in [2.75, 3.05) is 7.11 Å². The number of carbonyl (C=O) groups excluding carboxylic acids is 1. The molecule has 1 heterocycles. The van der Waals surface area contributed by atoms with Crippen molar-refractivity contribution in [2.24, 2.45) is 0 Å². The minimum atomic E-state index is -0.172. The van der Waals surface area contributed by atoms with Gasteiger partial charge in [0.25, 0.3) is 0 Å².